The Labute approximate surface area is 208 Å². The number of morpholine rings is 1. The predicted molar refractivity (Wildman–Crippen MR) is 137 cm³/mol. The number of nitrogens with zero attached hydrogens (tertiary/aromatic N) is 3. The summed E-state index contributed by atoms with van der Waals surface area (Å²) in [6, 6.07) is 17.9. The second kappa shape index (κ2) is 11.7. The van der Waals surface area contributed by atoms with Crippen LogP contribution in [0.1, 0.15) is 18.1 Å². The lowest BCUT2D eigenvalue weighted by Crippen LogP contribution is -2.36. The van der Waals surface area contributed by atoms with E-state index in [0.29, 0.717) is 28.7 Å². The van der Waals surface area contributed by atoms with Crippen LogP contribution in [0.4, 0.5) is 17.1 Å². The van der Waals surface area contributed by atoms with Crippen molar-refractivity contribution in [1.82, 2.24) is 0 Å². The Morgan fingerprint density at radius 2 is 1.89 bits per heavy atom. The summed E-state index contributed by atoms with van der Waals surface area (Å²) in [5.41, 5.74) is 3.40. The molecule has 9 heteroatoms. The van der Waals surface area contributed by atoms with E-state index in [4.69, 9.17) is 25.8 Å². The Morgan fingerprint density at radius 3 is 2.60 bits per heavy atom. The van der Waals surface area contributed by atoms with E-state index in [-0.39, 0.29) is 12.3 Å². The van der Waals surface area contributed by atoms with Crippen LogP contribution in [0.15, 0.2) is 65.7 Å². The van der Waals surface area contributed by atoms with E-state index in [1.807, 2.05) is 25.1 Å². The number of halogens is 1. The number of aliphatic imine (C=N–C) groups is 1. The molecular weight excluding hydrogens is 470 g/mol. The smallest absolute Gasteiger partial charge is 0.269 e. The molecule has 0 unspecified atom stereocenters. The molecule has 1 aliphatic heterocycles. The molecule has 0 bridgehead atoms. The van der Waals surface area contributed by atoms with Gasteiger partial charge in [-0.25, -0.2) is 0 Å². The molecule has 0 amide bonds. The minimum Gasteiger partial charge on any atom is -0.490 e. The fraction of sp³-hybridized carbons (Fsp3) is 0.269. The fourth-order valence-corrected chi connectivity index (χ4v) is 3.97. The van der Waals surface area contributed by atoms with Gasteiger partial charge in [0.05, 0.1) is 35.5 Å². The molecule has 3 aromatic rings. The molecule has 182 valence electrons. The van der Waals surface area contributed by atoms with Crippen LogP contribution in [0.2, 0.25) is 5.02 Å². The number of benzene rings is 3. The van der Waals surface area contributed by atoms with Gasteiger partial charge in [-0.05, 0) is 54.4 Å². The highest BCUT2D eigenvalue weighted by Gasteiger charge is 2.14. The van der Waals surface area contributed by atoms with E-state index < -0.39 is 4.92 Å². The van der Waals surface area contributed by atoms with E-state index in [0.717, 1.165) is 43.2 Å². The zero-order valence-electron chi connectivity index (χ0n) is 19.4. The number of hydrogen-bond donors (Lipinski definition) is 0. The van der Waals surface area contributed by atoms with Crippen LogP contribution in [0.25, 0.3) is 0 Å². The van der Waals surface area contributed by atoms with Gasteiger partial charge in [0.1, 0.15) is 6.61 Å². The number of anilines is 1. The Hall–Kier alpha value is -3.62. The van der Waals surface area contributed by atoms with Gasteiger partial charge in [0.15, 0.2) is 11.5 Å². The van der Waals surface area contributed by atoms with Crippen molar-refractivity contribution in [3.63, 3.8) is 0 Å². The van der Waals surface area contributed by atoms with Crippen molar-refractivity contribution in [2.75, 3.05) is 37.8 Å². The zero-order valence-corrected chi connectivity index (χ0v) is 20.1. The maximum atomic E-state index is 11.0. The van der Waals surface area contributed by atoms with Gasteiger partial charge < -0.3 is 19.1 Å². The van der Waals surface area contributed by atoms with Crippen LogP contribution in [0.5, 0.6) is 11.5 Å². The van der Waals surface area contributed by atoms with E-state index in [1.54, 1.807) is 24.4 Å². The van der Waals surface area contributed by atoms with Crippen molar-refractivity contribution < 1.29 is 19.1 Å². The van der Waals surface area contributed by atoms with Gasteiger partial charge in [-0.2, -0.15) is 0 Å². The first-order chi connectivity index (χ1) is 17.0. The second-order valence-electron chi connectivity index (χ2n) is 7.85. The van der Waals surface area contributed by atoms with E-state index >= 15 is 0 Å². The normalized spacial score (nSPS) is 13.7. The molecule has 0 aromatic heterocycles. The first kappa shape index (κ1) is 24.5. The van der Waals surface area contributed by atoms with Gasteiger partial charge in [0.25, 0.3) is 5.69 Å². The molecule has 0 radical (unpaired) electrons. The Bertz CT molecular complexity index is 1190. The molecule has 1 aliphatic rings. The van der Waals surface area contributed by atoms with Gasteiger partial charge in [0.2, 0.25) is 0 Å². The Morgan fingerprint density at radius 1 is 1.11 bits per heavy atom. The number of hydrogen-bond acceptors (Lipinski definition) is 7. The third-order valence-electron chi connectivity index (χ3n) is 5.42. The maximum Gasteiger partial charge on any atom is 0.269 e. The molecule has 4 rings (SSSR count). The van der Waals surface area contributed by atoms with Crippen LogP contribution in [-0.4, -0.2) is 44.0 Å². The van der Waals surface area contributed by atoms with E-state index in [2.05, 4.69) is 22.0 Å². The molecule has 8 nitrogen and oxygen atoms in total. The highest BCUT2D eigenvalue weighted by atomic mass is 35.5. The Kier molecular flexibility index (Phi) is 8.18. The molecule has 1 fully saturated rings. The van der Waals surface area contributed by atoms with Gasteiger partial charge in [-0.3, -0.25) is 15.1 Å². The third-order valence-corrected chi connectivity index (χ3v) is 5.71. The molecule has 0 atom stereocenters. The summed E-state index contributed by atoms with van der Waals surface area (Å²) >= 11 is 6.52. The molecule has 0 spiro atoms. The predicted octanol–water partition coefficient (Wildman–Crippen LogP) is 5.81. The van der Waals surface area contributed by atoms with Crippen LogP contribution in [0, 0.1) is 10.1 Å². The quantitative estimate of drug-likeness (QED) is 0.211. The minimum absolute atomic E-state index is 0.00626. The summed E-state index contributed by atoms with van der Waals surface area (Å²) in [7, 11) is 0. The SMILES string of the molecule is CCOc1cc(C=Nc2ccc(N3CCOCC3)cc2)cc(Cl)c1OCc1cccc([N+](=O)[O-])c1. The highest BCUT2D eigenvalue weighted by Crippen LogP contribution is 2.37. The standard InChI is InChI=1S/C26H26ClN3O5/c1-2-34-25-16-20(17-28-21-6-8-22(9-7-21)29-10-12-33-13-11-29)15-24(27)26(25)35-18-19-4-3-5-23(14-19)30(31)32/h3-9,14-17H,2,10-13,18H2,1H3. The number of ether oxygens (including phenoxy) is 3. The molecule has 3 aromatic carbocycles. The maximum absolute atomic E-state index is 11.0. The average Bonchev–Trinajstić information content (AvgIpc) is 2.88. The summed E-state index contributed by atoms with van der Waals surface area (Å²) in [4.78, 5) is 17.4. The van der Waals surface area contributed by atoms with Gasteiger partial charge in [-0.15, -0.1) is 0 Å². The fourth-order valence-electron chi connectivity index (χ4n) is 3.70. The van der Waals surface area contributed by atoms with Crippen LogP contribution in [-0.2, 0) is 11.3 Å². The van der Waals surface area contributed by atoms with Crippen molar-refractivity contribution >= 4 is 34.9 Å². The molecule has 1 heterocycles. The lowest BCUT2D eigenvalue weighted by molar-refractivity contribution is -0.384. The second-order valence-corrected chi connectivity index (χ2v) is 8.26. The van der Waals surface area contributed by atoms with Crippen molar-refractivity contribution in [3.8, 4) is 11.5 Å². The Balaban J connectivity index is 1.47. The largest absolute Gasteiger partial charge is 0.490 e. The first-order valence-electron chi connectivity index (χ1n) is 11.3. The van der Waals surface area contributed by atoms with Crippen molar-refractivity contribution in [2.24, 2.45) is 4.99 Å². The average molecular weight is 496 g/mol. The molecule has 0 saturated carbocycles. The summed E-state index contributed by atoms with van der Waals surface area (Å²) in [5, 5.41) is 11.4. The highest BCUT2D eigenvalue weighted by molar-refractivity contribution is 6.32. The monoisotopic (exact) mass is 495 g/mol. The third kappa shape index (κ3) is 6.49. The van der Waals surface area contributed by atoms with Gasteiger partial charge in [-0.1, -0.05) is 23.7 Å². The lowest BCUT2D eigenvalue weighted by atomic mass is 10.2. The topological polar surface area (TPSA) is 86.4 Å². The lowest BCUT2D eigenvalue weighted by Gasteiger charge is -2.28. The first-order valence-corrected chi connectivity index (χ1v) is 11.7. The summed E-state index contributed by atoms with van der Waals surface area (Å²) in [6.07, 6.45) is 1.72. The molecule has 0 aliphatic carbocycles. The van der Waals surface area contributed by atoms with Crippen LogP contribution >= 0.6 is 11.6 Å². The number of nitro benzene ring substituents is 1. The summed E-state index contributed by atoms with van der Waals surface area (Å²) in [6.45, 7) is 5.67. The molecule has 0 N–H and O–H groups in total. The van der Waals surface area contributed by atoms with E-state index in [1.165, 1.54) is 12.1 Å². The van der Waals surface area contributed by atoms with E-state index in [9.17, 15) is 10.1 Å². The summed E-state index contributed by atoms with van der Waals surface area (Å²) in [5.74, 6) is 0.863. The minimum atomic E-state index is -0.438. The molecule has 1 saturated heterocycles. The van der Waals surface area contributed by atoms with Crippen LogP contribution < -0.4 is 14.4 Å². The number of non-ortho nitro benzene ring substituents is 1. The van der Waals surface area contributed by atoms with Crippen LogP contribution in [0.3, 0.4) is 0 Å². The van der Waals surface area contributed by atoms with Crippen molar-refractivity contribution in [3.05, 3.63) is 86.9 Å². The van der Waals surface area contributed by atoms with Crippen molar-refractivity contribution in [1.29, 1.82) is 0 Å². The van der Waals surface area contributed by atoms with Crippen molar-refractivity contribution in [2.45, 2.75) is 13.5 Å². The zero-order chi connectivity index (χ0) is 24.6. The molecular formula is C26H26ClN3O5. The molecule has 35 heavy (non-hydrogen) atoms. The number of rotatable bonds is 9. The van der Waals surface area contributed by atoms with Gasteiger partial charge in [0, 0.05) is 37.1 Å². The van der Waals surface area contributed by atoms with Gasteiger partial charge >= 0.3 is 0 Å². The number of nitro groups is 1. The summed E-state index contributed by atoms with van der Waals surface area (Å²) < 4.78 is 17.0.